The maximum atomic E-state index is 12.6. The number of carbonyl (C=O) groups excluding carboxylic acids is 1. The molecule has 11 heteroatoms. The summed E-state index contributed by atoms with van der Waals surface area (Å²) in [4.78, 5) is 13.9. The van der Waals surface area contributed by atoms with E-state index in [1.165, 1.54) is 0 Å². The highest BCUT2D eigenvalue weighted by Gasteiger charge is 2.40. The first-order chi connectivity index (χ1) is 9.44. The predicted octanol–water partition coefficient (Wildman–Crippen LogP) is 2.42. The van der Waals surface area contributed by atoms with Gasteiger partial charge in [-0.25, -0.2) is 4.98 Å². The summed E-state index contributed by atoms with van der Waals surface area (Å²) in [5.74, 6) is -4.36. The summed E-state index contributed by atoms with van der Waals surface area (Å²) in [5, 5.41) is 9.18. The summed E-state index contributed by atoms with van der Waals surface area (Å²) in [6.07, 6.45) is -11.4. The Bertz CT molecular complexity index is 540. The molecule has 1 heterocycles. The quantitative estimate of drug-likeness (QED) is 0.684. The van der Waals surface area contributed by atoms with Crippen LogP contribution in [-0.4, -0.2) is 29.5 Å². The van der Waals surface area contributed by atoms with Gasteiger partial charge in [-0.2, -0.15) is 13.2 Å². The molecule has 1 aromatic heterocycles. The van der Waals surface area contributed by atoms with Gasteiger partial charge in [0.25, 0.3) is 0 Å². The second-order valence-electron chi connectivity index (χ2n) is 3.61. The normalized spacial score (nSPS) is 12.1. The molecule has 0 amide bonds. The molecule has 1 rings (SSSR count). The van der Waals surface area contributed by atoms with Crippen molar-refractivity contribution in [1.82, 2.24) is 4.98 Å². The van der Waals surface area contributed by atoms with E-state index in [4.69, 9.17) is 0 Å². The number of nitrogens with zero attached hydrogens (tertiary/aromatic N) is 1. The largest absolute Gasteiger partial charge is 0.573 e. The van der Waals surface area contributed by atoms with Crippen LogP contribution in [-0.2, 0) is 22.1 Å². The number of ether oxygens (including phenoxy) is 2. The van der Waals surface area contributed by atoms with Crippen LogP contribution >= 0.6 is 0 Å². The minimum atomic E-state index is -5.33. The molecule has 0 aliphatic rings. The van der Waals surface area contributed by atoms with Crippen LogP contribution in [0.1, 0.15) is 11.4 Å². The molecule has 0 aliphatic carbocycles. The van der Waals surface area contributed by atoms with Gasteiger partial charge in [-0.3, -0.25) is 4.79 Å². The molecule has 0 atom stereocenters. The summed E-state index contributed by atoms with van der Waals surface area (Å²) in [5.41, 5.74) is -2.70. The van der Waals surface area contributed by atoms with E-state index in [0.29, 0.717) is 6.07 Å². The second-order valence-corrected chi connectivity index (χ2v) is 3.61. The van der Waals surface area contributed by atoms with Crippen molar-refractivity contribution in [3.8, 4) is 11.5 Å². The lowest BCUT2D eigenvalue weighted by Crippen LogP contribution is -2.19. The van der Waals surface area contributed by atoms with Crippen LogP contribution in [0.5, 0.6) is 11.5 Å². The molecule has 0 aromatic carbocycles. The maximum Gasteiger partial charge on any atom is 0.573 e. The van der Waals surface area contributed by atoms with Crippen molar-refractivity contribution in [2.75, 3.05) is 7.11 Å². The van der Waals surface area contributed by atoms with Crippen LogP contribution in [0, 0.1) is 0 Å². The summed E-state index contributed by atoms with van der Waals surface area (Å²) >= 11 is 0. The van der Waals surface area contributed by atoms with E-state index in [1.54, 1.807) is 0 Å². The van der Waals surface area contributed by atoms with E-state index >= 15 is 0 Å². The number of aromatic nitrogens is 1. The molecule has 0 unspecified atom stereocenters. The molecule has 118 valence electrons. The van der Waals surface area contributed by atoms with Crippen LogP contribution < -0.4 is 4.74 Å². The van der Waals surface area contributed by atoms with Crippen molar-refractivity contribution in [3.05, 3.63) is 17.5 Å². The molecule has 1 aromatic rings. The zero-order valence-electron chi connectivity index (χ0n) is 10.2. The molecule has 0 radical (unpaired) electrons. The zero-order chi connectivity index (χ0) is 16.4. The summed E-state index contributed by atoms with van der Waals surface area (Å²) in [7, 11) is 0.931. The average Bonchev–Trinajstić information content (AvgIpc) is 2.29. The molecule has 5 nitrogen and oxygen atoms in total. The molecule has 1 N–H and O–H groups in total. The van der Waals surface area contributed by atoms with Gasteiger partial charge in [-0.05, 0) is 0 Å². The lowest BCUT2D eigenvalue weighted by atomic mass is 10.2. The fourth-order valence-electron chi connectivity index (χ4n) is 1.28. The minimum Gasteiger partial charge on any atom is -0.503 e. The fourth-order valence-corrected chi connectivity index (χ4v) is 1.28. The zero-order valence-corrected chi connectivity index (χ0v) is 10.2. The van der Waals surface area contributed by atoms with E-state index in [-0.39, 0.29) is 0 Å². The van der Waals surface area contributed by atoms with E-state index in [1.807, 2.05) is 0 Å². The van der Waals surface area contributed by atoms with Crippen molar-refractivity contribution in [3.63, 3.8) is 0 Å². The Morgan fingerprint density at radius 1 is 1.29 bits per heavy atom. The Hall–Kier alpha value is -2.20. The number of hydrogen-bond donors (Lipinski definition) is 1. The first-order valence-corrected chi connectivity index (χ1v) is 5.06. The predicted molar refractivity (Wildman–Crippen MR) is 53.3 cm³/mol. The van der Waals surface area contributed by atoms with E-state index < -0.39 is 47.8 Å². The van der Waals surface area contributed by atoms with Crippen molar-refractivity contribution in [2.45, 2.75) is 19.0 Å². The van der Waals surface area contributed by atoms with Crippen LogP contribution in [0.2, 0.25) is 0 Å². The number of alkyl halides is 6. The first kappa shape index (κ1) is 16.9. The third-order valence-electron chi connectivity index (χ3n) is 2.06. The Morgan fingerprint density at radius 3 is 2.29 bits per heavy atom. The molecule has 0 saturated carbocycles. The highest BCUT2D eigenvalue weighted by Crippen LogP contribution is 2.41. The topological polar surface area (TPSA) is 68.7 Å². The van der Waals surface area contributed by atoms with Crippen LogP contribution in [0.15, 0.2) is 6.07 Å². The molecule has 0 saturated heterocycles. The Morgan fingerprint density at radius 2 is 1.86 bits per heavy atom. The van der Waals surface area contributed by atoms with Crippen LogP contribution in [0.25, 0.3) is 0 Å². The van der Waals surface area contributed by atoms with Gasteiger partial charge >= 0.3 is 18.5 Å². The third-order valence-corrected chi connectivity index (χ3v) is 2.06. The maximum absolute atomic E-state index is 12.6. The molecule has 0 spiro atoms. The van der Waals surface area contributed by atoms with Crippen molar-refractivity contribution in [2.24, 2.45) is 0 Å². The molecule has 0 aliphatic heterocycles. The molecule has 21 heavy (non-hydrogen) atoms. The van der Waals surface area contributed by atoms with Crippen molar-refractivity contribution < 1.29 is 45.7 Å². The Labute approximate surface area is 113 Å². The van der Waals surface area contributed by atoms with Gasteiger partial charge < -0.3 is 14.6 Å². The minimum absolute atomic E-state index is 0.370. The third kappa shape index (κ3) is 4.68. The molecule has 0 bridgehead atoms. The van der Waals surface area contributed by atoms with Gasteiger partial charge in [0.2, 0.25) is 0 Å². The Balaban J connectivity index is 3.35. The monoisotopic (exact) mass is 319 g/mol. The molecular weight excluding hydrogens is 312 g/mol. The number of aromatic hydroxyl groups is 1. The average molecular weight is 319 g/mol. The van der Waals surface area contributed by atoms with Gasteiger partial charge in [0.15, 0.2) is 17.2 Å². The number of hydrogen-bond acceptors (Lipinski definition) is 5. The summed E-state index contributed by atoms with van der Waals surface area (Å²) in [6.45, 7) is 0. The SMILES string of the molecule is COC(=O)Cc1cc(OC(F)(F)F)c(O)c(C(F)(F)F)n1. The van der Waals surface area contributed by atoms with Crippen LogP contribution in [0.4, 0.5) is 26.3 Å². The lowest BCUT2D eigenvalue weighted by Gasteiger charge is -2.15. The fraction of sp³-hybridized carbons (Fsp3) is 0.400. The number of esters is 1. The van der Waals surface area contributed by atoms with Gasteiger partial charge in [0, 0.05) is 6.07 Å². The summed E-state index contributed by atoms with van der Waals surface area (Å²) < 4.78 is 81.5. The second kappa shape index (κ2) is 5.66. The van der Waals surface area contributed by atoms with Crippen LogP contribution in [0.3, 0.4) is 0 Å². The number of pyridine rings is 1. The number of methoxy groups -OCH3 is 1. The van der Waals surface area contributed by atoms with E-state index in [9.17, 15) is 36.2 Å². The van der Waals surface area contributed by atoms with Gasteiger partial charge in [-0.1, -0.05) is 0 Å². The Kier molecular flexibility index (Phi) is 4.54. The highest BCUT2D eigenvalue weighted by atomic mass is 19.4. The molecule has 0 fully saturated rings. The van der Waals surface area contributed by atoms with E-state index in [0.717, 1.165) is 7.11 Å². The number of carbonyl (C=O) groups is 1. The molecular formula is C10H7F6NO4. The smallest absolute Gasteiger partial charge is 0.503 e. The van der Waals surface area contributed by atoms with Crippen molar-refractivity contribution >= 4 is 5.97 Å². The first-order valence-electron chi connectivity index (χ1n) is 5.06. The summed E-state index contributed by atoms with van der Waals surface area (Å²) in [6, 6.07) is 0.370. The van der Waals surface area contributed by atoms with E-state index in [2.05, 4.69) is 14.5 Å². The number of halogens is 6. The van der Waals surface area contributed by atoms with Crippen molar-refractivity contribution in [1.29, 1.82) is 0 Å². The van der Waals surface area contributed by atoms with Gasteiger partial charge in [0.05, 0.1) is 19.2 Å². The lowest BCUT2D eigenvalue weighted by molar-refractivity contribution is -0.275. The number of rotatable bonds is 3. The standard InChI is InChI=1S/C10H7F6NO4/c1-20-6(18)3-4-2-5(21-10(14,15)16)7(19)8(17-4)9(11,12)13/h2,19H,3H2,1H3. The van der Waals surface area contributed by atoms with Gasteiger partial charge in [0.1, 0.15) is 0 Å². The van der Waals surface area contributed by atoms with Gasteiger partial charge in [-0.15, -0.1) is 13.2 Å². The highest BCUT2D eigenvalue weighted by molar-refractivity contribution is 5.72.